The number of nitrogens with zero attached hydrogens (tertiary/aromatic N) is 2. The van der Waals surface area contributed by atoms with Crippen LogP contribution in [0.5, 0.6) is 0 Å². The fraction of sp³-hybridized carbons (Fsp3) is 0.941. The van der Waals surface area contributed by atoms with Crippen molar-refractivity contribution in [2.45, 2.75) is 72.4 Å². The van der Waals surface area contributed by atoms with E-state index in [0.29, 0.717) is 12.0 Å². The third-order valence-electron chi connectivity index (χ3n) is 3.87. The molecule has 1 atom stereocenters. The molecule has 0 aliphatic carbocycles. The summed E-state index contributed by atoms with van der Waals surface area (Å²) in [5.41, 5.74) is -0.407. The van der Waals surface area contributed by atoms with Gasteiger partial charge in [0.15, 0.2) is 0 Å². The van der Waals surface area contributed by atoms with Crippen molar-refractivity contribution in [3.8, 4) is 0 Å². The van der Waals surface area contributed by atoms with Gasteiger partial charge in [0.05, 0.1) is 0 Å². The summed E-state index contributed by atoms with van der Waals surface area (Å²) in [6.07, 6.45) is 3.15. The largest absolute Gasteiger partial charge is 0.444 e. The third-order valence-corrected chi connectivity index (χ3v) is 3.87. The van der Waals surface area contributed by atoms with Gasteiger partial charge in [-0.25, -0.2) is 4.79 Å². The zero-order chi connectivity index (χ0) is 16.0. The molecule has 1 aliphatic heterocycles. The quantitative estimate of drug-likeness (QED) is 0.792. The molecule has 1 unspecified atom stereocenters. The first-order chi connectivity index (χ1) is 9.73. The first kappa shape index (κ1) is 18.3. The smallest absolute Gasteiger partial charge is 0.410 e. The summed E-state index contributed by atoms with van der Waals surface area (Å²) in [6.45, 7) is 16.4. The van der Waals surface area contributed by atoms with Gasteiger partial charge in [0, 0.05) is 25.7 Å². The van der Waals surface area contributed by atoms with E-state index in [0.717, 1.165) is 39.0 Å². The van der Waals surface area contributed by atoms with Crippen LogP contribution in [-0.2, 0) is 4.74 Å². The zero-order valence-electron chi connectivity index (χ0n) is 14.8. The zero-order valence-corrected chi connectivity index (χ0v) is 14.8. The van der Waals surface area contributed by atoms with Crippen molar-refractivity contribution in [3.63, 3.8) is 0 Å². The number of hydrogen-bond acceptors (Lipinski definition) is 3. The highest BCUT2D eigenvalue weighted by Gasteiger charge is 2.27. The minimum atomic E-state index is -0.407. The van der Waals surface area contributed by atoms with Crippen LogP contribution in [0.2, 0.25) is 0 Å². The Bertz CT molecular complexity index is 323. The second-order valence-electron chi connectivity index (χ2n) is 7.53. The van der Waals surface area contributed by atoms with Crippen LogP contribution in [0.3, 0.4) is 0 Å². The van der Waals surface area contributed by atoms with Gasteiger partial charge in [-0.1, -0.05) is 20.8 Å². The maximum absolute atomic E-state index is 12.2. The Morgan fingerprint density at radius 1 is 1.29 bits per heavy atom. The molecule has 0 spiro atoms. The molecule has 21 heavy (non-hydrogen) atoms. The van der Waals surface area contributed by atoms with Gasteiger partial charge in [0.25, 0.3) is 0 Å². The maximum atomic E-state index is 12.2. The lowest BCUT2D eigenvalue weighted by Crippen LogP contribution is -2.40. The van der Waals surface area contributed by atoms with E-state index in [2.05, 4.69) is 25.7 Å². The Morgan fingerprint density at radius 2 is 1.95 bits per heavy atom. The normalized spacial score (nSPS) is 20.8. The molecule has 0 N–H and O–H groups in total. The molecule has 0 bridgehead atoms. The van der Waals surface area contributed by atoms with Crippen molar-refractivity contribution in [2.24, 2.45) is 5.92 Å². The van der Waals surface area contributed by atoms with Crippen LogP contribution < -0.4 is 0 Å². The van der Waals surface area contributed by atoms with Gasteiger partial charge in [-0.3, -0.25) is 0 Å². The van der Waals surface area contributed by atoms with Crippen molar-refractivity contribution in [1.29, 1.82) is 0 Å². The van der Waals surface area contributed by atoms with Crippen LogP contribution in [0.4, 0.5) is 4.79 Å². The van der Waals surface area contributed by atoms with Crippen LogP contribution >= 0.6 is 0 Å². The second-order valence-corrected chi connectivity index (χ2v) is 7.53. The highest BCUT2D eigenvalue weighted by Crippen LogP contribution is 2.20. The summed E-state index contributed by atoms with van der Waals surface area (Å²) in [6, 6.07) is 0.602. The molecular formula is C17H34N2O2. The molecule has 0 aromatic heterocycles. The highest BCUT2D eigenvalue weighted by atomic mass is 16.6. The predicted octanol–water partition coefficient (Wildman–Crippen LogP) is 3.75. The van der Waals surface area contributed by atoms with E-state index in [1.807, 2.05) is 25.7 Å². The highest BCUT2D eigenvalue weighted by molar-refractivity contribution is 5.68. The summed E-state index contributed by atoms with van der Waals surface area (Å²) in [5.74, 6) is 0.690. The van der Waals surface area contributed by atoms with Crippen molar-refractivity contribution in [3.05, 3.63) is 0 Å². The van der Waals surface area contributed by atoms with Gasteiger partial charge in [-0.05, 0) is 52.5 Å². The Kier molecular flexibility index (Phi) is 6.98. The molecule has 0 radical (unpaired) electrons. The van der Waals surface area contributed by atoms with Gasteiger partial charge >= 0.3 is 6.09 Å². The average Bonchev–Trinajstić information content (AvgIpc) is 2.59. The van der Waals surface area contributed by atoms with Gasteiger partial charge in [0.1, 0.15) is 5.60 Å². The molecule has 1 saturated heterocycles. The Hall–Kier alpha value is -0.770. The van der Waals surface area contributed by atoms with Crippen LogP contribution in [-0.4, -0.2) is 53.7 Å². The standard InChI is InChI=1S/C17H34N2O2/c1-7-18(13-14(2)3)15-9-8-11-19(12-10-15)16(20)21-17(4,5)6/h14-15H,7-13H2,1-6H3. The number of rotatable bonds is 4. The summed E-state index contributed by atoms with van der Waals surface area (Å²) >= 11 is 0. The number of carbonyl (C=O) groups is 1. The van der Waals surface area contributed by atoms with Crippen molar-refractivity contribution < 1.29 is 9.53 Å². The summed E-state index contributed by atoms with van der Waals surface area (Å²) in [5, 5.41) is 0. The third kappa shape index (κ3) is 6.68. The molecule has 1 heterocycles. The number of likely N-dealkylation sites (tertiary alicyclic amines) is 1. The summed E-state index contributed by atoms with van der Waals surface area (Å²) in [7, 11) is 0. The molecule has 4 nitrogen and oxygen atoms in total. The number of hydrogen-bond donors (Lipinski definition) is 0. The Labute approximate surface area is 130 Å². The number of amides is 1. The number of ether oxygens (including phenoxy) is 1. The van der Waals surface area contributed by atoms with Gasteiger partial charge in [0.2, 0.25) is 0 Å². The molecule has 1 rings (SSSR count). The van der Waals surface area contributed by atoms with Crippen molar-refractivity contribution in [2.75, 3.05) is 26.2 Å². The molecular weight excluding hydrogens is 264 g/mol. The fourth-order valence-corrected chi connectivity index (χ4v) is 2.96. The van der Waals surface area contributed by atoms with E-state index in [4.69, 9.17) is 4.74 Å². The lowest BCUT2D eigenvalue weighted by molar-refractivity contribution is 0.0252. The van der Waals surface area contributed by atoms with Crippen LogP contribution in [0.15, 0.2) is 0 Å². The number of carbonyl (C=O) groups excluding carboxylic acids is 1. The minimum absolute atomic E-state index is 0.157. The molecule has 1 aliphatic rings. The van der Waals surface area contributed by atoms with E-state index < -0.39 is 5.60 Å². The molecule has 124 valence electrons. The first-order valence-electron chi connectivity index (χ1n) is 8.45. The van der Waals surface area contributed by atoms with E-state index >= 15 is 0 Å². The summed E-state index contributed by atoms with van der Waals surface area (Å²) < 4.78 is 5.49. The van der Waals surface area contributed by atoms with E-state index in [1.165, 1.54) is 6.42 Å². The SMILES string of the molecule is CCN(CC(C)C)C1CCCN(C(=O)OC(C)(C)C)CC1. The molecule has 0 saturated carbocycles. The fourth-order valence-electron chi connectivity index (χ4n) is 2.96. The van der Waals surface area contributed by atoms with Gasteiger partial charge in [-0.15, -0.1) is 0 Å². The van der Waals surface area contributed by atoms with Crippen LogP contribution in [0.1, 0.15) is 60.8 Å². The lowest BCUT2D eigenvalue weighted by atomic mass is 10.1. The monoisotopic (exact) mass is 298 g/mol. The van der Waals surface area contributed by atoms with Crippen molar-refractivity contribution in [1.82, 2.24) is 9.80 Å². The first-order valence-corrected chi connectivity index (χ1v) is 8.45. The van der Waals surface area contributed by atoms with Crippen LogP contribution in [0, 0.1) is 5.92 Å². The lowest BCUT2D eigenvalue weighted by Gasteiger charge is -2.31. The Balaban J connectivity index is 2.55. The van der Waals surface area contributed by atoms with E-state index in [9.17, 15) is 4.79 Å². The average molecular weight is 298 g/mol. The van der Waals surface area contributed by atoms with Gasteiger partial charge < -0.3 is 14.5 Å². The summed E-state index contributed by atoms with van der Waals surface area (Å²) in [4.78, 5) is 16.6. The van der Waals surface area contributed by atoms with Gasteiger partial charge in [-0.2, -0.15) is 0 Å². The van der Waals surface area contributed by atoms with E-state index in [1.54, 1.807) is 0 Å². The maximum Gasteiger partial charge on any atom is 0.410 e. The molecule has 0 aromatic rings. The Morgan fingerprint density at radius 3 is 2.48 bits per heavy atom. The molecule has 1 amide bonds. The minimum Gasteiger partial charge on any atom is -0.444 e. The molecule has 1 fully saturated rings. The molecule has 4 heteroatoms. The van der Waals surface area contributed by atoms with E-state index in [-0.39, 0.29) is 6.09 Å². The molecule has 0 aromatic carbocycles. The second kappa shape index (κ2) is 8.02. The van der Waals surface area contributed by atoms with Crippen molar-refractivity contribution >= 4 is 6.09 Å². The topological polar surface area (TPSA) is 32.8 Å². The van der Waals surface area contributed by atoms with Crippen LogP contribution in [0.25, 0.3) is 0 Å². The predicted molar refractivity (Wildman–Crippen MR) is 87.5 cm³/mol.